The maximum Gasteiger partial charge on any atom is 0.332 e. The summed E-state index contributed by atoms with van der Waals surface area (Å²) in [6, 6.07) is 7.11. The zero-order chi connectivity index (χ0) is 26.4. The van der Waals surface area contributed by atoms with Gasteiger partial charge in [0.2, 0.25) is 5.95 Å². The molecule has 3 aromatic heterocycles. The van der Waals surface area contributed by atoms with Crippen molar-refractivity contribution in [1.82, 2.24) is 28.5 Å². The van der Waals surface area contributed by atoms with Gasteiger partial charge in [-0.3, -0.25) is 18.7 Å². The molecule has 1 saturated heterocycles. The average molecular weight is 505 g/mol. The molecule has 0 saturated carbocycles. The second-order valence-electron chi connectivity index (χ2n) is 9.98. The van der Waals surface area contributed by atoms with Crippen molar-refractivity contribution in [2.45, 2.75) is 45.8 Å². The predicted molar refractivity (Wildman–Crippen MR) is 144 cm³/mol. The summed E-state index contributed by atoms with van der Waals surface area (Å²) in [5, 5.41) is 5.50. The Kier molecular flexibility index (Phi) is 6.32. The Hall–Kier alpha value is -3.99. The molecule has 0 radical (unpaired) electrons. The van der Waals surface area contributed by atoms with E-state index in [2.05, 4.69) is 10.00 Å². The van der Waals surface area contributed by atoms with E-state index in [-0.39, 0.29) is 18.1 Å². The SMILES string of the molecule is CC(C)=CCn1c(N2CCCC(N)C2)nc2c1c(=O)n(Cc1nn(C)c(=O)c3ccccc13)c(=O)n2C. The highest BCUT2D eigenvalue weighted by molar-refractivity contribution is 5.83. The first kappa shape index (κ1) is 24.7. The Morgan fingerprint density at radius 3 is 2.51 bits per heavy atom. The monoisotopic (exact) mass is 504 g/mol. The Morgan fingerprint density at radius 1 is 1.08 bits per heavy atom. The Bertz CT molecular complexity index is 1720. The molecule has 1 aliphatic heterocycles. The molecule has 0 aliphatic carbocycles. The highest BCUT2D eigenvalue weighted by Crippen LogP contribution is 2.23. The van der Waals surface area contributed by atoms with E-state index in [0.29, 0.717) is 46.7 Å². The molecule has 37 heavy (non-hydrogen) atoms. The number of anilines is 1. The summed E-state index contributed by atoms with van der Waals surface area (Å²) in [6.45, 7) is 5.78. The molecule has 4 aromatic rings. The molecule has 4 heterocycles. The van der Waals surface area contributed by atoms with E-state index >= 15 is 0 Å². The fourth-order valence-electron chi connectivity index (χ4n) is 5.02. The van der Waals surface area contributed by atoms with Gasteiger partial charge in [0.05, 0.1) is 17.6 Å². The number of rotatable bonds is 5. The van der Waals surface area contributed by atoms with Crippen molar-refractivity contribution in [2.75, 3.05) is 18.0 Å². The topological polar surface area (TPSA) is 126 Å². The van der Waals surface area contributed by atoms with Crippen LogP contribution in [-0.4, -0.2) is 47.6 Å². The first-order chi connectivity index (χ1) is 17.7. The van der Waals surface area contributed by atoms with Crippen molar-refractivity contribution in [1.29, 1.82) is 0 Å². The van der Waals surface area contributed by atoms with Crippen LogP contribution in [0.1, 0.15) is 32.4 Å². The molecule has 1 fully saturated rings. The van der Waals surface area contributed by atoms with Gasteiger partial charge in [0.25, 0.3) is 11.1 Å². The minimum Gasteiger partial charge on any atom is -0.341 e. The summed E-state index contributed by atoms with van der Waals surface area (Å²) in [5.74, 6) is 0.637. The first-order valence-corrected chi connectivity index (χ1v) is 12.5. The molecule has 0 amide bonds. The Morgan fingerprint density at radius 2 is 1.81 bits per heavy atom. The maximum atomic E-state index is 13.9. The molecular weight excluding hydrogens is 472 g/mol. The van der Waals surface area contributed by atoms with Gasteiger partial charge in [-0.2, -0.15) is 10.1 Å². The quantitative estimate of drug-likeness (QED) is 0.403. The number of allylic oxidation sites excluding steroid dienone is 2. The molecule has 5 rings (SSSR count). The number of benzene rings is 1. The number of aryl methyl sites for hydroxylation is 2. The van der Waals surface area contributed by atoms with Gasteiger partial charge < -0.3 is 15.2 Å². The zero-order valence-electron chi connectivity index (χ0n) is 21.6. The highest BCUT2D eigenvalue weighted by atomic mass is 16.2. The van der Waals surface area contributed by atoms with E-state index < -0.39 is 11.2 Å². The normalized spacial score (nSPS) is 16.0. The lowest BCUT2D eigenvalue weighted by Crippen LogP contribution is -2.44. The molecule has 0 spiro atoms. The maximum absolute atomic E-state index is 13.9. The van der Waals surface area contributed by atoms with E-state index in [1.807, 2.05) is 24.5 Å². The van der Waals surface area contributed by atoms with Crippen LogP contribution in [0.2, 0.25) is 0 Å². The van der Waals surface area contributed by atoms with Gasteiger partial charge in [-0.05, 0) is 32.8 Å². The number of imidazole rings is 1. The Balaban J connectivity index is 1.74. The second kappa shape index (κ2) is 9.47. The third-order valence-corrected chi connectivity index (χ3v) is 6.98. The van der Waals surface area contributed by atoms with Gasteiger partial charge in [-0.25, -0.2) is 9.48 Å². The summed E-state index contributed by atoms with van der Waals surface area (Å²) in [5.41, 5.74) is 7.33. The van der Waals surface area contributed by atoms with Gasteiger partial charge in [0, 0.05) is 45.2 Å². The van der Waals surface area contributed by atoms with Crippen molar-refractivity contribution in [3.8, 4) is 0 Å². The number of aromatic nitrogens is 6. The molecule has 11 heteroatoms. The number of nitrogens with zero attached hydrogens (tertiary/aromatic N) is 7. The van der Waals surface area contributed by atoms with Crippen LogP contribution in [0.5, 0.6) is 0 Å². The number of fused-ring (bicyclic) bond motifs is 2. The van der Waals surface area contributed by atoms with Crippen LogP contribution in [0.25, 0.3) is 21.9 Å². The summed E-state index contributed by atoms with van der Waals surface area (Å²) in [4.78, 5) is 46.9. The van der Waals surface area contributed by atoms with Crippen LogP contribution in [-0.2, 0) is 27.2 Å². The third-order valence-electron chi connectivity index (χ3n) is 6.98. The smallest absolute Gasteiger partial charge is 0.332 e. The van der Waals surface area contributed by atoms with Crippen LogP contribution in [0, 0.1) is 0 Å². The van der Waals surface area contributed by atoms with Gasteiger partial charge in [0.15, 0.2) is 11.2 Å². The molecule has 0 bridgehead atoms. The molecule has 1 unspecified atom stereocenters. The van der Waals surface area contributed by atoms with E-state index in [4.69, 9.17) is 10.7 Å². The Labute approximate surface area is 213 Å². The lowest BCUT2D eigenvalue weighted by molar-refractivity contribution is 0.495. The summed E-state index contributed by atoms with van der Waals surface area (Å²) in [7, 11) is 3.18. The largest absolute Gasteiger partial charge is 0.341 e. The molecule has 11 nitrogen and oxygen atoms in total. The molecule has 1 aromatic carbocycles. The van der Waals surface area contributed by atoms with E-state index in [0.717, 1.165) is 25.0 Å². The van der Waals surface area contributed by atoms with Crippen LogP contribution in [0.4, 0.5) is 5.95 Å². The molecule has 2 N–H and O–H groups in total. The molecule has 1 aliphatic rings. The average Bonchev–Trinajstić information content (AvgIpc) is 3.27. The minimum absolute atomic E-state index is 0.0232. The van der Waals surface area contributed by atoms with Crippen molar-refractivity contribution in [2.24, 2.45) is 19.8 Å². The van der Waals surface area contributed by atoms with Gasteiger partial charge >= 0.3 is 5.69 Å². The number of piperidine rings is 1. The second-order valence-corrected chi connectivity index (χ2v) is 9.98. The standard InChI is InChI=1S/C26H32N8O3/c1-16(2)11-13-33-21-22(28-25(33)32-12-7-8-17(27)14-32)30(3)26(37)34(24(21)36)15-20-18-9-5-6-10-19(18)23(35)31(4)29-20/h5-6,9-11,17H,7-8,12-15,27H2,1-4H3. The summed E-state index contributed by atoms with van der Waals surface area (Å²) < 4.78 is 5.70. The lowest BCUT2D eigenvalue weighted by atomic mass is 10.1. The lowest BCUT2D eigenvalue weighted by Gasteiger charge is -2.31. The fourth-order valence-corrected chi connectivity index (χ4v) is 5.02. The predicted octanol–water partition coefficient (Wildman–Crippen LogP) is 1.09. The van der Waals surface area contributed by atoms with Crippen LogP contribution < -0.4 is 27.4 Å². The van der Waals surface area contributed by atoms with Gasteiger partial charge in [-0.15, -0.1) is 0 Å². The number of hydrogen-bond acceptors (Lipinski definition) is 7. The fraction of sp³-hybridized carbons (Fsp3) is 0.423. The van der Waals surface area contributed by atoms with Crippen LogP contribution in [0.3, 0.4) is 0 Å². The van der Waals surface area contributed by atoms with E-state index in [1.54, 1.807) is 38.4 Å². The van der Waals surface area contributed by atoms with Crippen molar-refractivity contribution >= 4 is 27.9 Å². The minimum atomic E-state index is -0.494. The van der Waals surface area contributed by atoms with E-state index in [1.165, 1.54) is 13.8 Å². The molecule has 1 atom stereocenters. The van der Waals surface area contributed by atoms with E-state index in [9.17, 15) is 14.4 Å². The van der Waals surface area contributed by atoms with Gasteiger partial charge in [0.1, 0.15) is 0 Å². The molecular formula is C26H32N8O3. The van der Waals surface area contributed by atoms with Crippen molar-refractivity contribution in [3.63, 3.8) is 0 Å². The summed E-state index contributed by atoms with van der Waals surface area (Å²) >= 11 is 0. The van der Waals surface area contributed by atoms with Crippen molar-refractivity contribution < 1.29 is 0 Å². The highest BCUT2D eigenvalue weighted by Gasteiger charge is 2.26. The zero-order valence-corrected chi connectivity index (χ0v) is 21.6. The van der Waals surface area contributed by atoms with Crippen LogP contribution >= 0.6 is 0 Å². The number of nitrogens with two attached hydrogens (primary N) is 1. The number of hydrogen-bond donors (Lipinski definition) is 1. The van der Waals surface area contributed by atoms with Gasteiger partial charge in [-0.1, -0.05) is 29.8 Å². The third kappa shape index (κ3) is 4.29. The molecule has 194 valence electrons. The summed E-state index contributed by atoms with van der Waals surface area (Å²) in [6.07, 6.45) is 3.91. The first-order valence-electron chi connectivity index (χ1n) is 12.5. The van der Waals surface area contributed by atoms with Crippen LogP contribution in [0.15, 0.2) is 50.3 Å². The van der Waals surface area contributed by atoms with Crippen molar-refractivity contribution in [3.05, 3.63) is 72.8 Å².